The number of hydrogen-bond acceptors (Lipinski definition) is 2. The molecule has 64 valence electrons. The molecule has 0 saturated carbocycles. The minimum absolute atomic E-state index is 0.333. The fourth-order valence-electron chi connectivity index (χ4n) is 1.18. The Bertz CT molecular complexity index is 481. The summed E-state index contributed by atoms with van der Waals surface area (Å²) >= 11 is 5.79. The molecule has 0 aliphatic carbocycles. The van der Waals surface area contributed by atoms with Gasteiger partial charge in [0, 0.05) is 12.4 Å². The molecule has 0 aromatic carbocycles. The summed E-state index contributed by atoms with van der Waals surface area (Å²) in [5.41, 5.74) is 1.58. The number of nitrogens with zero attached hydrogens (tertiary/aromatic N) is 3. The molecule has 3 nitrogen and oxygen atoms in total. The molecule has 2 rings (SSSR count). The van der Waals surface area contributed by atoms with Gasteiger partial charge in [-0.05, 0) is 12.1 Å². The molecule has 0 aliphatic heterocycles. The van der Waals surface area contributed by atoms with E-state index in [1.54, 1.807) is 12.3 Å². The number of aromatic nitrogens is 2. The van der Waals surface area contributed by atoms with E-state index in [0.717, 1.165) is 11.3 Å². The van der Waals surface area contributed by atoms with Gasteiger partial charge in [0.1, 0.15) is 5.65 Å². The summed E-state index contributed by atoms with van der Waals surface area (Å²) in [6, 6.07) is 5.65. The maximum Gasteiger partial charge on any atom is 0.137 e. The zero-order valence-corrected chi connectivity index (χ0v) is 7.49. The maximum atomic E-state index is 8.47. The number of nitriles is 1. The predicted molar refractivity (Wildman–Crippen MR) is 49.5 cm³/mol. The van der Waals surface area contributed by atoms with Crippen molar-refractivity contribution in [1.82, 2.24) is 9.38 Å². The Kier molecular flexibility index (Phi) is 1.91. The monoisotopic (exact) mass is 191 g/mol. The van der Waals surface area contributed by atoms with Crippen molar-refractivity contribution in [3.63, 3.8) is 0 Å². The van der Waals surface area contributed by atoms with Gasteiger partial charge in [0.25, 0.3) is 0 Å². The number of imidazole rings is 1. The summed E-state index contributed by atoms with van der Waals surface area (Å²) in [6.07, 6.45) is 3.91. The van der Waals surface area contributed by atoms with Crippen LogP contribution in [0.25, 0.3) is 5.65 Å². The molecule has 0 saturated heterocycles. The summed E-state index contributed by atoms with van der Waals surface area (Å²) in [4.78, 5) is 4.23. The van der Waals surface area contributed by atoms with E-state index in [9.17, 15) is 0 Å². The van der Waals surface area contributed by atoms with Crippen LogP contribution in [0.1, 0.15) is 5.69 Å². The maximum absolute atomic E-state index is 8.47. The van der Waals surface area contributed by atoms with Gasteiger partial charge in [0.15, 0.2) is 0 Å². The molecular formula is C9H6ClN3. The van der Waals surface area contributed by atoms with Crippen molar-refractivity contribution in [3.05, 3.63) is 35.2 Å². The van der Waals surface area contributed by atoms with Crippen molar-refractivity contribution < 1.29 is 0 Å². The summed E-state index contributed by atoms with van der Waals surface area (Å²) in [5.74, 6) is 0. The van der Waals surface area contributed by atoms with E-state index in [1.807, 2.05) is 16.7 Å². The SMILES string of the molecule is N#CCc1cn2cc(Cl)ccc2n1. The van der Waals surface area contributed by atoms with E-state index in [1.165, 1.54) is 0 Å². The molecule has 0 bridgehead atoms. The molecule has 2 heterocycles. The smallest absolute Gasteiger partial charge is 0.137 e. The average molecular weight is 192 g/mol. The lowest BCUT2D eigenvalue weighted by Crippen LogP contribution is -1.79. The lowest BCUT2D eigenvalue weighted by Gasteiger charge is -1.91. The first-order valence-corrected chi connectivity index (χ1v) is 4.17. The van der Waals surface area contributed by atoms with Crippen LogP contribution in [0.2, 0.25) is 5.02 Å². The fourth-order valence-corrected chi connectivity index (χ4v) is 1.35. The second kappa shape index (κ2) is 3.08. The van der Waals surface area contributed by atoms with Gasteiger partial charge in [-0.2, -0.15) is 5.26 Å². The van der Waals surface area contributed by atoms with Crippen LogP contribution in [0, 0.1) is 11.3 Å². The van der Waals surface area contributed by atoms with Crippen LogP contribution in [-0.4, -0.2) is 9.38 Å². The molecule has 13 heavy (non-hydrogen) atoms. The van der Waals surface area contributed by atoms with Crippen LogP contribution in [0.4, 0.5) is 0 Å². The van der Waals surface area contributed by atoms with Gasteiger partial charge in [0.05, 0.1) is 23.2 Å². The molecule has 2 aromatic rings. The van der Waals surface area contributed by atoms with E-state index in [0.29, 0.717) is 11.4 Å². The number of pyridine rings is 1. The first-order valence-electron chi connectivity index (χ1n) is 3.79. The molecule has 0 fully saturated rings. The molecule has 2 aromatic heterocycles. The standard InChI is InChI=1S/C9H6ClN3/c10-7-1-2-9-12-8(3-4-11)6-13(9)5-7/h1-2,5-6H,3H2. The molecule has 0 aliphatic rings. The summed E-state index contributed by atoms with van der Waals surface area (Å²) in [6.45, 7) is 0. The number of fused-ring (bicyclic) bond motifs is 1. The zero-order chi connectivity index (χ0) is 9.26. The van der Waals surface area contributed by atoms with Crippen LogP contribution >= 0.6 is 11.6 Å². The fraction of sp³-hybridized carbons (Fsp3) is 0.111. The molecule has 4 heteroatoms. The topological polar surface area (TPSA) is 41.1 Å². The summed E-state index contributed by atoms with van der Waals surface area (Å²) in [5, 5.41) is 9.13. The van der Waals surface area contributed by atoms with Gasteiger partial charge in [-0.1, -0.05) is 11.6 Å². The number of halogens is 1. The Labute approximate surface area is 80.2 Å². The van der Waals surface area contributed by atoms with Gasteiger partial charge in [-0.25, -0.2) is 4.98 Å². The third kappa shape index (κ3) is 1.49. The molecule has 0 N–H and O–H groups in total. The highest BCUT2D eigenvalue weighted by Gasteiger charge is 2.00. The largest absolute Gasteiger partial charge is 0.305 e. The molecule has 0 amide bonds. The first-order chi connectivity index (χ1) is 6.29. The van der Waals surface area contributed by atoms with E-state index in [-0.39, 0.29) is 0 Å². The van der Waals surface area contributed by atoms with Gasteiger partial charge in [-0.15, -0.1) is 0 Å². The Morgan fingerprint density at radius 3 is 3.08 bits per heavy atom. The second-order valence-corrected chi connectivity index (χ2v) is 3.12. The third-order valence-electron chi connectivity index (χ3n) is 1.73. The van der Waals surface area contributed by atoms with E-state index >= 15 is 0 Å². The summed E-state index contributed by atoms with van der Waals surface area (Å²) < 4.78 is 1.81. The Hall–Kier alpha value is -1.53. The van der Waals surface area contributed by atoms with Crippen molar-refractivity contribution >= 4 is 17.2 Å². The number of rotatable bonds is 1. The van der Waals surface area contributed by atoms with Gasteiger partial charge in [-0.3, -0.25) is 0 Å². The van der Waals surface area contributed by atoms with E-state index in [4.69, 9.17) is 16.9 Å². The Balaban J connectivity index is 2.57. The van der Waals surface area contributed by atoms with Crippen molar-refractivity contribution in [2.45, 2.75) is 6.42 Å². The lowest BCUT2D eigenvalue weighted by molar-refractivity contribution is 1.16. The van der Waals surface area contributed by atoms with Crippen LogP contribution in [0.3, 0.4) is 0 Å². The zero-order valence-electron chi connectivity index (χ0n) is 6.74. The van der Waals surface area contributed by atoms with E-state index < -0.39 is 0 Å². The van der Waals surface area contributed by atoms with Crippen molar-refractivity contribution in [2.75, 3.05) is 0 Å². The van der Waals surface area contributed by atoms with Crippen molar-refractivity contribution in [2.24, 2.45) is 0 Å². The van der Waals surface area contributed by atoms with Crippen LogP contribution < -0.4 is 0 Å². The summed E-state index contributed by atoms with van der Waals surface area (Å²) in [7, 11) is 0. The minimum Gasteiger partial charge on any atom is -0.305 e. The van der Waals surface area contributed by atoms with Crippen molar-refractivity contribution in [1.29, 1.82) is 5.26 Å². The Morgan fingerprint density at radius 1 is 1.46 bits per heavy atom. The van der Waals surface area contributed by atoms with Crippen LogP contribution in [-0.2, 0) is 6.42 Å². The third-order valence-corrected chi connectivity index (χ3v) is 1.95. The van der Waals surface area contributed by atoms with Crippen LogP contribution in [0.15, 0.2) is 24.5 Å². The first kappa shape index (κ1) is 8.09. The number of hydrogen-bond donors (Lipinski definition) is 0. The van der Waals surface area contributed by atoms with Gasteiger partial charge < -0.3 is 4.40 Å². The predicted octanol–water partition coefficient (Wildman–Crippen LogP) is 2.05. The molecule has 0 radical (unpaired) electrons. The highest BCUT2D eigenvalue weighted by Crippen LogP contribution is 2.11. The molecule has 0 spiro atoms. The van der Waals surface area contributed by atoms with Crippen LogP contribution in [0.5, 0.6) is 0 Å². The quantitative estimate of drug-likeness (QED) is 0.692. The van der Waals surface area contributed by atoms with Gasteiger partial charge in [0.2, 0.25) is 0 Å². The molecule has 0 unspecified atom stereocenters. The van der Waals surface area contributed by atoms with E-state index in [2.05, 4.69) is 11.1 Å². The second-order valence-electron chi connectivity index (χ2n) is 2.68. The van der Waals surface area contributed by atoms with Crippen molar-refractivity contribution in [3.8, 4) is 6.07 Å². The average Bonchev–Trinajstić information content (AvgIpc) is 2.46. The minimum atomic E-state index is 0.333. The molecule has 0 atom stereocenters. The lowest BCUT2D eigenvalue weighted by atomic mass is 10.4. The Morgan fingerprint density at radius 2 is 2.31 bits per heavy atom. The normalized spacial score (nSPS) is 10.2. The highest BCUT2D eigenvalue weighted by molar-refractivity contribution is 6.30. The molecular weight excluding hydrogens is 186 g/mol. The highest BCUT2D eigenvalue weighted by atomic mass is 35.5. The van der Waals surface area contributed by atoms with Gasteiger partial charge >= 0.3 is 0 Å².